The van der Waals surface area contributed by atoms with E-state index in [4.69, 9.17) is 0 Å². The third kappa shape index (κ3) is 4.84. The zero-order valence-electron chi connectivity index (χ0n) is 11.7. The molecule has 96 valence electrons. The van der Waals surface area contributed by atoms with Gasteiger partial charge in [-0.25, -0.2) is 0 Å². The smallest absolute Gasteiger partial charge is 0.00799 e. The monoisotopic (exact) mass is 226 g/mol. The van der Waals surface area contributed by atoms with Gasteiger partial charge in [-0.2, -0.15) is 0 Å². The summed E-state index contributed by atoms with van der Waals surface area (Å²) in [4.78, 5) is 2.58. The Kier molecular flexibility index (Phi) is 5.77. The predicted octanol–water partition coefficient (Wildman–Crippen LogP) is 2.89. The number of hydrogen-bond acceptors (Lipinski definition) is 2. The van der Waals surface area contributed by atoms with E-state index < -0.39 is 0 Å². The average molecular weight is 226 g/mol. The SMILES string of the molecule is CCN1CCCC(NCC(C)(C)CC)CC1. The van der Waals surface area contributed by atoms with Gasteiger partial charge in [0, 0.05) is 12.6 Å². The van der Waals surface area contributed by atoms with Crippen LogP contribution in [0, 0.1) is 5.41 Å². The minimum Gasteiger partial charge on any atom is -0.313 e. The van der Waals surface area contributed by atoms with Crippen LogP contribution in [0.4, 0.5) is 0 Å². The molecule has 2 heteroatoms. The zero-order valence-corrected chi connectivity index (χ0v) is 11.7. The Labute approximate surface area is 102 Å². The number of rotatable bonds is 5. The van der Waals surface area contributed by atoms with Gasteiger partial charge >= 0.3 is 0 Å². The molecule has 0 aromatic rings. The van der Waals surface area contributed by atoms with Crippen molar-refractivity contribution in [1.29, 1.82) is 0 Å². The highest BCUT2D eigenvalue weighted by Crippen LogP contribution is 2.19. The van der Waals surface area contributed by atoms with Crippen molar-refractivity contribution in [1.82, 2.24) is 10.2 Å². The van der Waals surface area contributed by atoms with Crippen LogP contribution < -0.4 is 5.32 Å². The van der Waals surface area contributed by atoms with Crippen LogP contribution in [-0.4, -0.2) is 37.1 Å². The van der Waals surface area contributed by atoms with Crippen LogP contribution in [0.15, 0.2) is 0 Å². The third-order valence-corrected chi connectivity index (χ3v) is 4.09. The first-order valence-corrected chi connectivity index (χ1v) is 7.03. The van der Waals surface area contributed by atoms with Crippen molar-refractivity contribution in [3.8, 4) is 0 Å². The summed E-state index contributed by atoms with van der Waals surface area (Å²) in [6.45, 7) is 14.2. The molecule has 1 fully saturated rings. The third-order valence-electron chi connectivity index (χ3n) is 4.09. The summed E-state index contributed by atoms with van der Waals surface area (Å²) >= 11 is 0. The van der Waals surface area contributed by atoms with E-state index in [0.29, 0.717) is 5.41 Å². The van der Waals surface area contributed by atoms with Gasteiger partial charge in [0.25, 0.3) is 0 Å². The maximum atomic E-state index is 3.77. The van der Waals surface area contributed by atoms with Crippen molar-refractivity contribution in [3.05, 3.63) is 0 Å². The molecule has 1 N–H and O–H groups in total. The second-order valence-electron chi connectivity index (χ2n) is 5.96. The van der Waals surface area contributed by atoms with E-state index in [1.54, 1.807) is 0 Å². The normalized spacial score (nSPS) is 24.4. The van der Waals surface area contributed by atoms with Crippen LogP contribution in [-0.2, 0) is 0 Å². The molecule has 1 aliphatic rings. The van der Waals surface area contributed by atoms with Crippen LogP contribution in [0.2, 0.25) is 0 Å². The highest BCUT2D eigenvalue weighted by Gasteiger charge is 2.19. The minimum atomic E-state index is 0.455. The van der Waals surface area contributed by atoms with E-state index >= 15 is 0 Å². The largest absolute Gasteiger partial charge is 0.313 e. The standard InChI is InChI=1S/C14H30N2/c1-5-14(3,4)12-15-13-8-7-10-16(6-2)11-9-13/h13,15H,5-12H2,1-4H3. The molecule has 1 unspecified atom stereocenters. The van der Waals surface area contributed by atoms with E-state index in [9.17, 15) is 0 Å². The quantitative estimate of drug-likeness (QED) is 0.775. The molecule has 0 aromatic heterocycles. The Morgan fingerprint density at radius 3 is 2.56 bits per heavy atom. The van der Waals surface area contributed by atoms with Gasteiger partial charge in [0.05, 0.1) is 0 Å². The van der Waals surface area contributed by atoms with E-state index in [2.05, 4.69) is 37.9 Å². The van der Waals surface area contributed by atoms with Crippen molar-refractivity contribution < 1.29 is 0 Å². The summed E-state index contributed by atoms with van der Waals surface area (Å²) in [5.41, 5.74) is 0.455. The first-order chi connectivity index (χ1) is 7.57. The first kappa shape index (κ1) is 14.0. The number of hydrogen-bond donors (Lipinski definition) is 1. The topological polar surface area (TPSA) is 15.3 Å². The Morgan fingerprint density at radius 1 is 1.19 bits per heavy atom. The first-order valence-electron chi connectivity index (χ1n) is 7.03. The van der Waals surface area contributed by atoms with Crippen molar-refractivity contribution in [2.45, 2.75) is 59.4 Å². The molecule has 1 atom stereocenters. The molecule has 0 aliphatic carbocycles. The van der Waals surface area contributed by atoms with E-state index in [0.717, 1.165) is 6.04 Å². The van der Waals surface area contributed by atoms with Gasteiger partial charge < -0.3 is 10.2 Å². The summed E-state index contributed by atoms with van der Waals surface area (Å²) < 4.78 is 0. The van der Waals surface area contributed by atoms with Gasteiger partial charge in [-0.05, 0) is 50.7 Å². The lowest BCUT2D eigenvalue weighted by atomic mass is 9.90. The summed E-state index contributed by atoms with van der Waals surface area (Å²) in [5, 5.41) is 3.77. The number of nitrogens with one attached hydrogen (secondary N) is 1. The molecule has 0 aromatic carbocycles. The second-order valence-corrected chi connectivity index (χ2v) is 5.96. The molecule has 0 spiro atoms. The van der Waals surface area contributed by atoms with Crippen molar-refractivity contribution in [3.63, 3.8) is 0 Å². The van der Waals surface area contributed by atoms with E-state index in [1.807, 2.05) is 0 Å². The molecule has 1 saturated heterocycles. The highest BCUT2D eigenvalue weighted by atomic mass is 15.1. The fourth-order valence-electron chi connectivity index (χ4n) is 2.22. The van der Waals surface area contributed by atoms with E-state index in [1.165, 1.54) is 51.9 Å². The summed E-state index contributed by atoms with van der Waals surface area (Å²) in [6.07, 6.45) is 5.30. The fourth-order valence-corrected chi connectivity index (χ4v) is 2.22. The van der Waals surface area contributed by atoms with Crippen molar-refractivity contribution in [2.75, 3.05) is 26.2 Å². The predicted molar refractivity (Wildman–Crippen MR) is 71.8 cm³/mol. The van der Waals surface area contributed by atoms with Gasteiger partial charge in [-0.15, -0.1) is 0 Å². The maximum Gasteiger partial charge on any atom is 0.00799 e. The van der Waals surface area contributed by atoms with Gasteiger partial charge in [0.2, 0.25) is 0 Å². The maximum absolute atomic E-state index is 3.77. The molecular weight excluding hydrogens is 196 g/mol. The highest BCUT2D eigenvalue weighted by molar-refractivity contribution is 4.78. The molecule has 16 heavy (non-hydrogen) atoms. The molecule has 0 bridgehead atoms. The Morgan fingerprint density at radius 2 is 1.94 bits per heavy atom. The van der Waals surface area contributed by atoms with Crippen LogP contribution >= 0.6 is 0 Å². The minimum absolute atomic E-state index is 0.455. The summed E-state index contributed by atoms with van der Waals surface area (Å²) in [5.74, 6) is 0. The molecule has 1 aliphatic heterocycles. The Bertz CT molecular complexity index is 189. The second kappa shape index (κ2) is 6.61. The lowest BCUT2D eigenvalue weighted by molar-refractivity contribution is 0.283. The summed E-state index contributed by atoms with van der Waals surface area (Å²) in [6, 6.07) is 0.752. The van der Waals surface area contributed by atoms with Crippen LogP contribution in [0.5, 0.6) is 0 Å². The number of nitrogens with zero attached hydrogens (tertiary/aromatic N) is 1. The van der Waals surface area contributed by atoms with E-state index in [-0.39, 0.29) is 0 Å². The molecule has 0 radical (unpaired) electrons. The lowest BCUT2D eigenvalue weighted by Crippen LogP contribution is -2.37. The van der Waals surface area contributed by atoms with Crippen LogP contribution in [0.3, 0.4) is 0 Å². The van der Waals surface area contributed by atoms with Crippen molar-refractivity contribution in [2.24, 2.45) is 5.41 Å². The molecular formula is C14H30N2. The van der Waals surface area contributed by atoms with Crippen LogP contribution in [0.1, 0.15) is 53.4 Å². The average Bonchev–Trinajstić information content (AvgIpc) is 2.51. The molecule has 2 nitrogen and oxygen atoms in total. The Balaban J connectivity index is 2.27. The van der Waals surface area contributed by atoms with Crippen LogP contribution in [0.25, 0.3) is 0 Å². The number of likely N-dealkylation sites (tertiary alicyclic amines) is 1. The van der Waals surface area contributed by atoms with Gasteiger partial charge in [-0.3, -0.25) is 0 Å². The lowest BCUT2D eigenvalue weighted by Gasteiger charge is -2.27. The summed E-state index contributed by atoms with van der Waals surface area (Å²) in [7, 11) is 0. The Hall–Kier alpha value is -0.0800. The van der Waals surface area contributed by atoms with Gasteiger partial charge in [0.1, 0.15) is 0 Å². The molecule has 0 amide bonds. The van der Waals surface area contributed by atoms with Gasteiger partial charge in [0.15, 0.2) is 0 Å². The molecule has 1 rings (SSSR count). The molecule has 0 saturated carbocycles. The van der Waals surface area contributed by atoms with Crippen molar-refractivity contribution >= 4 is 0 Å². The zero-order chi connectivity index (χ0) is 12.0. The van der Waals surface area contributed by atoms with Gasteiger partial charge in [-0.1, -0.05) is 27.7 Å². The fraction of sp³-hybridized carbons (Fsp3) is 1.00. The molecule has 1 heterocycles.